The zero-order valence-electron chi connectivity index (χ0n) is 23.8. The number of aliphatic hydroxyl groups excluding tert-OH is 1. The summed E-state index contributed by atoms with van der Waals surface area (Å²) in [5, 5.41) is 31.5. The van der Waals surface area contributed by atoms with Gasteiger partial charge in [0.15, 0.2) is 0 Å². The van der Waals surface area contributed by atoms with E-state index in [-0.39, 0.29) is 61.2 Å². The molecule has 0 aromatic heterocycles. The summed E-state index contributed by atoms with van der Waals surface area (Å²) in [5.74, 6) is -4.56. The monoisotopic (exact) mass is 532 g/mol. The average molecular weight is 533 g/mol. The first-order valence-corrected chi connectivity index (χ1v) is 14.0. The summed E-state index contributed by atoms with van der Waals surface area (Å²) in [5.41, 5.74) is -5.05. The van der Waals surface area contributed by atoms with Crippen LogP contribution in [0.25, 0.3) is 0 Å². The molecule has 8 heteroatoms. The minimum atomic E-state index is -1.56. The molecule has 5 unspecified atom stereocenters. The molecule has 0 amide bonds. The highest BCUT2D eigenvalue weighted by Gasteiger charge is 2.76. The molecule has 4 aliphatic carbocycles. The minimum Gasteiger partial charge on any atom is -0.481 e. The van der Waals surface area contributed by atoms with Crippen LogP contribution in [0.5, 0.6) is 0 Å². The van der Waals surface area contributed by atoms with E-state index in [0.29, 0.717) is 12.8 Å². The molecule has 4 aliphatic rings. The van der Waals surface area contributed by atoms with Crippen LogP contribution in [-0.2, 0) is 24.0 Å². The Labute approximate surface area is 224 Å². The van der Waals surface area contributed by atoms with Crippen LogP contribution in [0, 0.1) is 51.2 Å². The van der Waals surface area contributed by atoms with Crippen molar-refractivity contribution in [2.45, 2.75) is 105 Å². The fourth-order valence-electron chi connectivity index (χ4n) is 9.59. The second-order valence-electron chi connectivity index (χ2n) is 14.5. The molecule has 0 saturated heterocycles. The number of aliphatic hydroxyl groups is 2. The number of hydrogen-bond acceptors (Lipinski definition) is 7. The predicted octanol–water partition coefficient (Wildman–Crippen LogP) is 3.39. The lowest BCUT2D eigenvalue weighted by molar-refractivity contribution is -0.196. The second-order valence-corrected chi connectivity index (χ2v) is 14.5. The van der Waals surface area contributed by atoms with Crippen molar-refractivity contribution in [3.8, 4) is 0 Å². The maximum absolute atomic E-state index is 14.1. The highest BCUT2D eigenvalue weighted by Crippen LogP contribution is 2.72. The molecule has 4 rings (SSSR count). The van der Waals surface area contributed by atoms with Gasteiger partial charge in [-0.2, -0.15) is 0 Å². The van der Waals surface area contributed by atoms with Gasteiger partial charge in [-0.3, -0.25) is 24.0 Å². The Hall–Kier alpha value is -1.93. The van der Waals surface area contributed by atoms with Crippen molar-refractivity contribution in [2.75, 3.05) is 0 Å². The Kier molecular flexibility index (Phi) is 6.72. The number of rotatable bonds is 6. The lowest BCUT2D eigenvalue weighted by atomic mass is 9.37. The Balaban J connectivity index is 1.72. The van der Waals surface area contributed by atoms with Crippen molar-refractivity contribution < 1.29 is 39.3 Å². The number of hydrogen-bond donors (Lipinski definition) is 3. The Bertz CT molecular complexity index is 1090. The van der Waals surface area contributed by atoms with E-state index < -0.39 is 63.0 Å². The molecule has 3 N–H and O–H groups in total. The first-order chi connectivity index (χ1) is 17.2. The molecule has 0 heterocycles. The molecular formula is C30H44O8. The van der Waals surface area contributed by atoms with Gasteiger partial charge in [0.1, 0.15) is 23.1 Å². The van der Waals surface area contributed by atoms with Gasteiger partial charge in [0.25, 0.3) is 0 Å². The van der Waals surface area contributed by atoms with Gasteiger partial charge in [0, 0.05) is 60.7 Å². The summed E-state index contributed by atoms with van der Waals surface area (Å²) in [4.78, 5) is 66.1. The molecule has 0 radical (unpaired) electrons. The number of carboxylic acids is 1. The molecular weight excluding hydrogens is 488 g/mol. The van der Waals surface area contributed by atoms with E-state index in [1.165, 1.54) is 6.92 Å². The van der Waals surface area contributed by atoms with Crippen molar-refractivity contribution in [1.29, 1.82) is 0 Å². The molecule has 212 valence electrons. The molecule has 0 spiro atoms. The maximum Gasteiger partial charge on any atom is 0.306 e. The van der Waals surface area contributed by atoms with Crippen molar-refractivity contribution in [1.82, 2.24) is 0 Å². The van der Waals surface area contributed by atoms with Crippen molar-refractivity contribution in [2.24, 2.45) is 51.2 Å². The van der Waals surface area contributed by atoms with Gasteiger partial charge in [0.2, 0.25) is 0 Å². The van der Waals surface area contributed by atoms with E-state index in [1.54, 1.807) is 13.8 Å². The molecule has 0 aliphatic heterocycles. The summed E-state index contributed by atoms with van der Waals surface area (Å²) >= 11 is 0. The van der Waals surface area contributed by atoms with E-state index in [0.717, 1.165) is 0 Å². The second kappa shape index (κ2) is 8.79. The number of carbonyl (C=O) groups is 5. The van der Waals surface area contributed by atoms with Crippen LogP contribution in [0.15, 0.2) is 0 Å². The van der Waals surface area contributed by atoms with Crippen LogP contribution in [0.1, 0.15) is 93.4 Å². The molecule has 4 saturated carbocycles. The molecule has 0 aromatic rings. The van der Waals surface area contributed by atoms with Crippen molar-refractivity contribution in [3.63, 3.8) is 0 Å². The summed E-state index contributed by atoms with van der Waals surface area (Å²) in [6.07, 6.45) is -0.274. The standard InChI is InChI=1S/C30H44O8/c1-15(25(36)37)10-16(31)13-29(6,38)20-12-22(35)30(7)24-17(32)11-19-26(2,3)21(34)8-9-27(19,4)23(24)18(33)14-28(20,30)5/h15-16,19-20,23-24,31,38H,8-14H2,1-7H3,(H,36,37)/t15?,16-,19?,20?,23?,24?,27+,28-,29+,30+/m1/s1. The van der Waals surface area contributed by atoms with E-state index in [4.69, 9.17) is 0 Å². The van der Waals surface area contributed by atoms with Crippen LogP contribution in [0.2, 0.25) is 0 Å². The molecule has 38 heavy (non-hydrogen) atoms. The van der Waals surface area contributed by atoms with E-state index in [2.05, 4.69) is 0 Å². The summed E-state index contributed by atoms with van der Waals surface area (Å²) in [7, 11) is 0. The largest absolute Gasteiger partial charge is 0.481 e. The van der Waals surface area contributed by atoms with Gasteiger partial charge in [-0.15, -0.1) is 0 Å². The molecule has 8 nitrogen and oxygen atoms in total. The number of Topliss-reactive ketones (excluding diaryl/α,β-unsaturated/α-hetero) is 4. The fraction of sp³-hybridized carbons (Fsp3) is 0.833. The SMILES string of the molecule is CC(C[C@@H](O)C[C@](C)(O)C1CC(=O)[C@@]2(C)C3C(=O)CC4C(C)(C)C(=O)CC[C@]4(C)C3C(=O)C[C@]12C)C(=O)O. The van der Waals surface area contributed by atoms with Gasteiger partial charge in [-0.25, -0.2) is 0 Å². The third kappa shape index (κ3) is 3.80. The number of aliphatic carboxylic acids is 1. The van der Waals surface area contributed by atoms with Crippen molar-refractivity contribution >= 4 is 29.1 Å². The zero-order chi connectivity index (χ0) is 28.8. The van der Waals surface area contributed by atoms with E-state index in [9.17, 15) is 39.3 Å². The Morgan fingerprint density at radius 1 is 1.00 bits per heavy atom. The number of ketones is 4. The first-order valence-electron chi connectivity index (χ1n) is 14.0. The van der Waals surface area contributed by atoms with Gasteiger partial charge in [-0.05, 0) is 36.5 Å². The van der Waals surface area contributed by atoms with Crippen LogP contribution in [0.3, 0.4) is 0 Å². The molecule has 10 atom stereocenters. The topological polar surface area (TPSA) is 146 Å². The lowest BCUT2D eigenvalue weighted by Gasteiger charge is -2.64. The molecule has 0 bridgehead atoms. The average Bonchev–Trinajstić information content (AvgIpc) is 2.99. The number of carboxylic acid groups (broad SMARTS) is 1. The third-order valence-electron chi connectivity index (χ3n) is 12.0. The molecule has 4 fully saturated rings. The summed E-state index contributed by atoms with van der Waals surface area (Å²) in [6.45, 7) is 12.4. The Morgan fingerprint density at radius 2 is 1.61 bits per heavy atom. The predicted molar refractivity (Wildman–Crippen MR) is 138 cm³/mol. The van der Waals surface area contributed by atoms with Crippen LogP contribution in [0.4, 0.5) is 0 Å². The van der Waals surface area contributed by atoms with Crippen LogP contribution < -0.4 is 0 Å². The molecule has 0 aromatic carbocycles. The number of carbonyl (C=O) groups excluding carboxylic acids is 4. The smallest absolute Gasteiger partial charge is 0.306 e. The van der Waals surface area contributed by atoms with Gasteiger partial charge in [-0.1, -0.05) is 41.5 Å². The third-order valence-corrected chi connectivity index (χ3v) is 12.0. The van der Waals surface area contributed by atoms with Crippen molar-refractivity contribution in [3.05, 3.63) is 0 Å². The summed E-state index contributed by atoms with van der Waals surface area (Å²) < 4.78 is 0. The maximum atomic E-state index is 14.1. The van der Waals surface area contributed by atoms with Gasteiger partial charge in [0.05, 0.1) is 17.6 Å². The minimum absolute atomic E-state index is 0.0187. The highest BCUT2D eigenvalue weighted by molar-refractivity contribution is 6.03. The Morgan fingerprint density at radius 3 is 2.18 bits per heavy atom. The highest BCUT2D eigenvalue weighted by atomic mass is 16.4. The first kappa shape index (κ1) is 29.1. The number of fused-ring (bicyclic) bond motifs is 5. The fourth-order valence-corrected chi connectivity index (χ4v) is 9.59. The lowest BCUT2D eigenvalue weighted by Crippen LogP contribution is -2.68. The quantitative estimate of drug-likeness (QED) is 0.472. The van der Waals surface area contributed by atoms with Gasteiger partial charge >= 0.3 is 5.97 Å². The van der Waals surface area contributed by atoms with E-state index in [1.807, 2.05) is 27.7 Å². The normalized spacial score (nSPS) is 43.5. The van der Waals surface area contributed by atoms with Crippen LogP contribution >= 0.6 is 0 Å². The van der Waals surface area contributed by atoms with E-state index >= 15 is 0 Å². The zero-order valence-corrected chi connectivity index (χ0v) is 23.8. The van der Waals surface area contributed by atoms with Crippen LogP contribution in [-0.4, -0.2) is 56.1 Å². The van der Waals surface area contributed by atoms with Gasteiger partial charge < -0.3 is 15.3 Å². The summed E-state index contributed by atoms with van der Waals surface area (Å²) in [6, 6.07) is 0.